The van der Waals surface area contributed by atoms with Crippen LogP contribution in [0.5, 0.6) is 0 Å². The number of aliphatic hydroxyl groups is 1. The molecule has 23 heavy (non-hydrogen) atoms. The molecule has 1 fully saturated rings. The summed E-state index contributed by atoms with van der Waals surface area (Å²) in [5.74, 6) is 0. The summed E-state index contributed by atoms with van der Waals surface area (Å²) in [5.41, 5.74) is -0.663. The molecule has 1 saturated heterocycles. The third-order valence-corrected chi connectivity index (χ3v) is 7.16. The van der Waals surface area contributed by atoms with Crippen LogP contribution >= 0.6 is 23.5 Å². The third kappa shape index (κ3) is 6.28. The Kier molecular flexibility index (Phi) is 6.43. The first kappa shape index (κ1) is 21.4. The van der Waals surface area contributed by atoms with E-state index in [1.54, 1.807) is 20.8 Å². The molecule has 1 aliphatic rings. The van der Waals surface area contributed by atoms with Gasteiger partial charge in [0.1, 0.15) is 6.10 Å². The minimum atomic E-state index is -5.55. The maximum Gasteiger partial charge on any atom is 0.490 e. The van der Waals surface area contributed by atoms with Gasteiger partial charge in [0.05, 0.1) is 18.8 Å². The molecule has 0 radical (unpaired) electrons. The van der Waals surface area contributed by atoms with E-state index in [1.807, 2.05) is 0 Å². The van der Waals surface area contributed by atoms with Crippen LogP contribution in [0, 0.1) is 5.41 Å². The normalized spacial score (nSPS) is 33.1. The van der Waals surface area contributed by atoms with Crippen LogP contribution in [-0.4, -0.2) is 49.6 Å². The van der Waals surface area contributed by atoms with Gasteiger partial charge in [-0.25, -0.2) is 13.7 Å². The Hall–Kier alpha value is 0.330. The molecular formula is C8H19O12P3. The zero-order valence-corrected chi connectivity index (χ0v) is 15.1. The Morgan fingerprint density at radius 2 is 1.57 bits per heavy atom. The first-order chi connectivity index (χ1) is 10.1. The van der Waals surface area contributed by atoms with Crippen LogP contribution in [0.15, 0.2) is 0 Å². The Labute approximate surface area is 131 Å². The van der Waals surface area contributed by atoms with Gasteiger partial charge in [-0.15, -0.1) is 0 Å². The topological polar surface area (TPSA) is 189 Å². The van der Waals surface area contributed by atoms with Crippen LogP contribution in [0.4, 0.5) is 0 Å². The first-order valence-electron chi connectivity index (χ1n) is 6.18. The predicted octanol–water partition coefficient (Wildman–Crippen LogP) is 0.504. The molecule has 1 heterocycles. The van der Waals surface area contributed by atoms with Crippen molar-refractivity contribution in [3.63, 3.8) is 0 Å². The molecule has 0 aromatic heterocycles. The lowest BCUT2D eigenvalue weighted by molar-refractivity contribution is -0.0168. The molecule has 12 nitrogen and oxygen atoms in total. The van der Waals surface area contributed by atoms with E-state index in [2.05, 4.69) is 13.1 Å². The van der Waals surface area contributed by atoms with E-state index in [0.717, 1.165) is 0 Å². The average molecular weight is 400 g/mol. The monoisotopic (exact) mass is 400 g/mol. The molecule has 0 saturated carbocycles. The summed E-state index contributed by atoms with van der Waals surface area (Å²) in [4.78, 5) is 35.1. The van der Waals surface area contributed by atoms with Crippen molar-refractivity contribution >= 4 is 23.5 Å². The van der Waals surface area contributed by atoms with Crippen LogP contribution in [0.25, 0.3) is 0 Å². The summed E-state index contributed by atoms with van der Waals surface area (Å²) < 4.78 is 50.0. The zero-order chi connectivity index (χ0) is 18.3. The number of phosphoric ester groups is 1. The second-order valence-corrected chi connectivity index (χ2v) is 9.89. The average Bonchev–Trinajstić information content (AvgIpc) is 2.45. The van der Waals surface area contributed by atoms with E-state index in [4.69, 9.17) is 19.4 Å². The third-order valence-electron chi connectivity index (χ3n) is 3.36. The van der Waals surface area contributed by atoms with E-state index < -0.39 is 53.8 Å². The van der Waals surface area contributed by atoms with Gasteiger partial charge < -0.3 is 29.4 Å². The number of aliphatic hydroxyl groups excluding tert-OH is 1. The molecule has 0 amide bonds. The fourth-order valence-electron chi connectivity index (χ4n) is 1.83. The highest BCUT2D eigenvalue weighted by atomic mass is 31.3. The standard InChI is InChI=1S/C8H19O12P3/c1-5-8(2,3)7(9)6(18-5)4-17-22(13,14)20-23(15,16)19-21(10,11)12/h5-7,9H,4H2,1-3H3,(H,13,14)(H,15,16)(H2,10,11,12)/t5-,6+,7+/m0/s1. The molecule has 1 rings (SSSR count). The smallest absolute Gasteiger partial charge is 0.390 e. The molecule has 5 N–H and O–H groups in total. The minimum absolute atomic E-state index is 0.396. The lowest BCUT2D eigenvalue weighted by Gasteiger charge is -2.25. The number of ether oxygens (including phenoxy) is 1. The minimum Gasteiger partial charge on any atom is -0.390 e. The molecule has 0 aromatic carbocycles. The largest absolute Gasteiger partial charge is 0.490 e. The van der Waals surface area contributed by atoms with Crippen molar-refractivity contribution in [1.29, 1.82) is 0 Å². The molecular weight excluding hydrogens is 381 g/mol. The van der Waals surface area contributed by atoms with Crippen molar-refractivity contribution in [1.82, 2.24) is 0 Å². The van der Waals surface area contributed by atoms with E-state index in [0.29, 0.717) is 0 Å². The van der Waals surface area contributed by atoms with Crippen LogP contribution in [0.1, 0.15) is 20.8 Å². The van der Waals surface area contributed by atoms with Gasteiger partial charge in [0.25, 0.3) is 0 Å². The Bertz CT molecular complexity index is 569. The summed E-state index contributed by atoms with van der Waals surface area (Å²) in [5, 5.41) is 10.0. The molecule has 0 spiro atoms. The van der Waals surface area contributed by atoms with E-state index in [-0.39, 0.29) is 0 Å². The van der Waals surface area contributed by atoms with Crippen molar-refractivity contribution in [2.45, 2.75) is 39.1 Å². The lowest BCUT2D eigenvalue weighted by atomic mass is 9.82. The van der Waals surface area contributed by atoms with Gasteiger partial charge in [-0.1, -0.05) is 13.8 Å². The van der Waals surface area contributed by atoms with E-state index in [9.17, 15) is 23.7 Å². The van der Waals surface area contributed by atoms with Crippen molar-refractivity contribution in [3.8, 4) is 0 Å². The molecule has 15 heteroatoms. The molecule has 0 aromatic rings. The van der Waals surface area contributed by atoms with Gasteiger partial charge in [0.2, 0.25) is 0 Å². The van der Waals surface area contributed by atoms with Crippen molar-refractivity contribution < 1.29 is 56.3 Å². The van der Waals surface area contributed by atoms with Crippen molar-refractivity contribution in [3.05, 3.63) is 0 Å². The number of rotatable bonds is 7. The Morgan fingerprint density at radius 1 is 1.04 bits per heavy atom. The van der Waals surface area contributed by atoms with Crippen LogP contribution < -0.4 is 0 Å². The Balaban J connectivity index is 2.65. The summed E-state index contributed by atoms with van der Waals surface area (Å²) in [7, 11) is -16.2. The zero-order valence-electron chi connectivity index (χ0n) is 12.4. The highest BCUT2D eigenvalue weighted by Gasteiger charge is 2.49. The van der Waals surface area contributed by atoms with Crippen LogP contribution in [-0.2, 0) is 31.6 Å². The van der Waals surface area contributed by atoms with Crippen molar-refractivity contribution in [2.24, 2.45) is 5.41 Å². The molecule has 1 aliphatic heterocycles. The molecule has 138 valence electrons. The molecule has 5 atom stereocenters. The van der Waals surface area contributed by atoms with Crippen LogP contribution in [0.2, 0.25) is 0 Å². The SMILES string of the molecule is C[C@@H]1O[C@H](COP(=O)(O)OP(=O)(O)OP(=O)(O)O)[C@@H](O)C1(C)C. The maximum absolute atomic E-state index is 11.5. The molecule has 0 bridgehead atoms. The van der Waals surface area contributed by atoms with E-state index >= 15 is 0 Å². The quantitative estimate of drug-likeness (QED) is 0.373. The summed E-state index contributed by atoms with van der Waals surface area (Å²) in [6, 6.07) is 0. The fraction of sp³-hybridized carbons (Fsp3) is 1.00. The first-order valence-corrected chi connectivity index (χ1v) is 10.7. The molecule has 0 aliphatic carbocycles. The van der Waals surface area contributed by atoms with Crippen LogP contribution in [0.3, 0.4) is 0 Å². The second-order valence-electron chi connectivity index (χ2n) is 5.47. The maximum atomic E-state index is 11.5. The summed E-state index contributed by atoms with van der Waals surface area (Å²) in [6.45, 7) is 4.41. The number of phosphoric acid groups is 3. The summed E-state index contributed by atoms with van der Waals surface area (Å²) in [6.07, 6.45) is -2.46. The van der Waals surface area contributed by atoms with Gasteiger partial charge in [-0.2, -0.15) is 8.62 Å². The van der Waals surface area contributed by atoms with Crippen molar-refractivity contribution in [2.75, 3.05) is 6.61 Å². The lowest BCUT2D eigenvalue weighted by Crippen LogP contribution is -2.36. The van der Waals surface area contributed by atoms with Gasteiger partial charge in [0, 0.05) is 5.41 Å². The van der Waals surface area contributed by atoms with Gasteiger partial charge >= 0.3 is 23.5 Å². The van der Waals surface area contributed by atoms with E-state index in [1.165, 1.54) is 0 Å². The Morgan fingerprint density at radius 3 is 1.96 bits per heavy atom. The van der Waals surface area contributed by atoms with Gasteiger partial charge in [-0.3, -0.25) is 4.52 Å². The van der Waals surface area contributed by atoms with Gasteiger partial charge in [0.15, 0.2) is 0 Å². The predicted molar refractivity (Wildman–Crippen MR) is 73.9 cm³/mol. The summed E-state index contributed by atoms with van der Waals surface area (Å²) >= 11 is 0. The number of hydrogen-bond donors (Lipinski definition) is 5. The van der Waals surface area contributed by atoms with Gasteiger partial charge in [-0.05, 0) is 6.92 Å². The fourth-order valence-corrected chi connectivity index (χ4v) is 4.86. The molecule has 2 unspecified atom stereocenters. The highest BCUT2D eigenvalue weighted by Crippen LogP contribution is 2.66. The highest BCUT2D eigenvalue weighted by molar-refractivity contribution is 7.66. The second kappa shape index (κ2) is 6.92. The number of hydrogen-bond acceptors (Lipinski definition) is 8.